The molecule has 3 aromatic rings. The zero-order valence-electron chi connectivity index (χ0n) is 15.1. The number of Topliss-reactive ketones (excluding diaryl/α,β-unsaturated/α-hetero) is 1. The molecular formula is C21H17N3O4. The summed E-state index contributed by atoms with van der Waals surface area (Å²) in [7, 11) is 0. The Kier molecular flexibility index (Phi) is 4.63. The van der Waals surface area contributed by atoms with Gasteiger partial charge in [-0.3, -0.25) is 14.6 Å². The summed E-state index contributed by atoms with van der Waals surface area (Å²) in [6.07, 6.45) is 1.56. The second-order valence-corrected chi connectivity index (χ2v) is 6.21. The van der Waals surface area contributed by atoms with E-state index in [1.165, 1.54) is 6.92 Å². The molecule has 0 saturated heterocycles. The van der Waals surface area contributed by atoms with Crippen LogP contribution >= 0.6 is 0 Å². The van der Waals surface area contributed by atoms with Gasteiger partial charge in [0.05, 0.1) is 0 Å². The van der Waals surface area contributed by atoms with Crippen molar-refractivity contribution in [1.29, 1.82) is 0 Å². The van der Waals surface area contributed by atoms with Crippen LogP contribution in [0.5, 0.6) is 11.5 Å². The molecular weight excluding hydrogens is 358 g/mol. The van der Waals surface area contributed by atoms with Gasteiger partial charge in [-0.15, -0.1) is 0 Å². The van der Waals surface area contributed by atoms with Crippen LogP contribution in [-0.2, 0) is 0 Å². The van der Waals surface area contributed by atoms with Crippen LogP contribution in [0.25, 0.3) is 0 Å². The van der Waals surface area contributed by atoms with Crippen LogP contribution in [0.4, 0.5) is 17.1 Å². The van der Waals surface area contributed by atoms with E-state index in [4.69, 9.17) is 9.47 Å². The van der Waals surface area contributed by atoms with Gasteiger partial charge < -0.3 is 20.1 Å². The number of hydrogen-bond acceptors (Lipinski definition) is 6. The van der Waals surface area contributed by atoms with E-state index in [2.05, 4.69) is 15.6 Å². The third kappa shape index (κ3) is 3.78. The molecule has 28 heavy (non-hydrogen) atoms. The van der Waals surface area contributed by atoms with Crippen molar-refractivity contribution in [3.05, 3.63) is 72.1 Å². The van der Waals surface area contributed by atoms with Crippen molar-refractivity contribution in [2.75, 3.05) is 17.4 Å². The van der Waals surface area contributed by atoms with Crippen molar-refractivity contribution in [2.24, 2.45) is 0 Å². The van der Waals surface area contributed by atoms with Crippen molar-refractivity contribution in [1.82, 2.24) is 4.98 Å². The Morgan fingerprint density at radius 3 is 2.39 bits per heavy atom. The van der Waals surface area contributed by atoms with Gasteiger partial charge in [0.25, 0.3) is 5.91 Å². The van der Waals surface area contributed by atoms with Crippen LogP contribution in [0.1, 0.15) is 27.8 Å². The number of carbonyl (C=O) groups is 2. The van der Waals surface area contributed by atoms with Crippen LogP contribution in [0.2, 0.25) is 0 Å². The van der Waals surface area contributed by atoms with Gasteiger partial charge in [0.2, 0.25) is 6.79 Å². The average molecular weight is 375 g/mol. The van der Waals surface area contributed by atoms with Crippen LogP contribution in [0.3, 0.4) is 0 Å². The van der Waals surface area contributed by atoms with E-state index in [-0.39, 0.29) is 24.2 Å². The second kappa shape index (κ2) is 7.40. The number of carbonyl (C=O) groups excluding carboxylic acids is 2. The minimum atomic E-state index is -0.343. The number of rotatable bonds is 5. The largest absolute Gasteiger partial charge is 0.454 e. The molecule has 0 radical (unpaired) electrons. The first-order chi connectivity index (χ1) is 13.6. The highest BCUT2D eigenvalue weighted by molar-refractivity contribution is 6.03. The molecule has 1 aromatic heterocycles. The molecule has 1 aliphatic heterocycles. The van der Waals surface area contributed by atoms with E-state index in [1.54, 1.807) is 42.6 Å². The lowest BCUT2D eigenvalue weighted by Gasteiger charge is -2.09. The summed E-state index contributed by atoms with van der Waals surface area (Å²) in [6.45, 7) is 1.71. The van der Waals surface area contributed by atoms with Crippen molar-refractivity contribution in [3.8, 4) is 11.5 Å². The number of nitrogens with one attached hydrogen (secondary N) is 2. The van der Waals surface area contributed by atoms with E-state index in [0.29, 0.717) is 28.4 Å². The number of fused-ring (bicyclic) bond motifs is 1. The molecule has 4 rings (SSSR count). The monoisotopic (exact) mass is 375 g/mol. The third-order valence-corrected chi connectivity index (χ3v) is 4.20. The number of anilines is 3. The minimum absolute atomic E-state index is 0.0261. The van der Waals surface area contributed by atoms with E-state index in [0.717, 1.165) is 5.69 Å². The zero-order valence-corrected chi connectivity index (χ0v) is 15.1. The first-order valence-electron chi connectivity index (χ1n) is 8.63. The van der Waals surface area contributed by atoms with E-state index in [9.17, 15) is 9.59 Å². The fourth-order valence-corrected chi connectivity index (χ4v) is 2.76. The van der Waals surface area contributed by atoms with Crippen molar-refractivity contribution >= 4 is 28.8 Å². The number of ketones is 1. The molecule has 0 bridgehead atoms. The maximum absolute atomic E-state index is 12.5. The summed E-state index contributed by atoms with van der Waals surface area (Å²) in [4.78, 5) is 27.9. The first-order valence-corrected chi connectivity index (χ1v) is 8.63. The average Bonchev–Trinajstić information content (AvgIpc) is 3.16. The summed E-state index contributed by atoms with van der Waals surface area (Å²) in [5.41, 5.74) is 2.96. The molecule has 2 heterocycles. The summed E-state index contributed by atoms with van der Waals surface area (Å²) < 4.78 is 10.7. The molecule has 0 aliphatic carbocycles. The molecule has 2 aromatic carbocycles. The number of nitrogens with zero attached hydrogens (tertiary/aromatic N) is 1. The molecule has 0 atom stereocenters. The van der Waals surface area contributed by atoms with Crippen LogP contribution in [0.15, 0.2) is 60.8 Å². The Morgan fingerprint density at radius 2 is 1.61 bits per heavy atom. The number of hydrogen-bond donors (Lipinski definition) is 2. The molecule has 0 saturated carbocycles. The quantitative estimate of drug-likeness (QED) is 0.655. The van der Waals surface area contributed by atoms with Crippen molar-refractivity contribution < 1.29 is 19.1 Å². The van der Waals surface area contributed by atoms with Gasteiger partial charge >= 0.3 is 0 Å². The topological polar surface area (TPSA) is 89.6 Å². The standard InChI is InChI=1S/C21H17N3O4/c1-13(25)14-2-4-15(5-3-14)24-21(26)18-10-17(8-9-22-18)23-16-6-7-19-20(11-16)28-12-27-19/h2-11H,12H2,1H3,(H,22,23)(H,24,26). The fraction of sp³-hybridized carbons (Fsp3) is 0.0952. The molecule has 7 nitrogen and oxygen atoms in total. The predicted molar refractivity (Wildman–Crippen MR) is 104 cm³/mol. The molecule has 0 unspecified atom stereocenters. The normalized spacial score (nSPS) is 11.8. The van der Waals surface area contributed by atoms with Gasteiger partial charge in [0, 0.05) is 34.9 Å². The van der Waals surface area contributed by atoms with Gasteiger partial charge in [-0.25, -0.2) is 0 Å². The number of ether oxygens (including phenoxy) is 2. The maximum atomic E-state index is 12.5. The molecule has 7 heteroatoms. The number of amides is 1. The van der Waals surface area contributed by atoms with Crippen LogP contribution in [0, 0.1) is 0 Å². The third-order valence-electron chi connectivity index (χ3n) is 4.20. The van der Waals surface area contributed by atoms with E-state index < -0.39 is 0 Å². The van der Waals surface area contributed by atoms with E-state index >= 15 is 0 Å². The Bertz CT molecular complexity index is 1050. The highest BCUT2D eigenvalue weighted by Gasteiger charge is 2.14. The maximum Gasteiger partial charge on any atom is 0.274 e. The predicted octanol–water partition coefficient (Wildman–Crippen LogP) is 4.01. The molecule has 0 fully saturated rings. The molecule has 0 spiro atoms. The van der Waals surface area contributed by atoms with E-state index in [1.807, 2.05) is 18.2 Å². The summed E-state index contributed by atoms with van der Waals surface area (Å²) in [5, 5.41) is 5.99. The number of aromatic nitrogens is 1. The number of pyridine rings is 1. The Morgan fingerprint density at radius 1 is 0.893 bits per heavy atom. The molecule has 140 valence electrons. The Labute approximate surface area is 161 Å². The van der Waals surface area contributed by atoms with Crippen molar-refractivity contribution in [2.45, 2.75) is 6.92 Å². The summed E-state index contributed by atoms with van der Waals surface area (Å²) >= 11 is 0. The zero-order chi connectivity index (χ0) is 19.5. The molecule has 1 aliphatic rings. The van der Waals surface area contributed by atoms with Gasteiger partial charge in [0.15, 0.2) is 17.3 Å². The SMILES string of the molecule is CC(=O)c1ccc(NC(=O)c2cc(Nc3ccc4c(c3)OCO4)ccn2)cc1. The summed E-state index contributed by atoms with van der Waals surface area (Å²) in [5.74, 6) is 1.01. The lowest BCUT2D eigenvalue weighted by Crippen LogP contribution is -2.14. The lowest BCUT2D eigenvalue weighted by atomic mass is 10.1. The van der Waals surface area contributed by atoms with Gasteiger partial charge in [-0.05, 0) is 55.5 Å². The number of benzene rings is 2. The summed E-state index contributed by atoms with van der Waals surface area (Å²) in [6, 6.07) is 15.7. The smallest absolute Gasteiger partial charge is 0.274 e. The molecule has 2 N–H and O–H groups in total. The van der Waals surface area contributed by atoms with Gasteiger partial charge in [-0.2, -0.15) is 0 Å². The van der Waals surface area contributed by atoms with Crippen molar-refractivity contribution in [3.63, 3.8) is 0 Å². The second-order valence-electron chi connectivity index (χ2n) is 6.21. The fourth-order valence-electron chi connectivity index (χ4n) is 2.76. The first kappa shape index (κ1) is 17.5. The van der Waals surface area contributed by atoms with Crippen LogP contribution in [-0.4, -0.2) is 23.5 Å². The Balaban J connectivity index is 1.47. The van der Waals surface area contributed by atoms with Gasteiger partial charge in [-0.1, -0.05) is 0 Å². The van der Waals surface area contributed by atoms with Crippen LogP contribution < -0.4 is 20.1 Å². The minimum Gasteiger partial charge on any atom is -0.454 e. The highest BCUT2D eigenvalue weighted by Crippen LogP contribution is 2.35. The van der Waals surface area contributed by atoms with Gasteiger partial charge in [0.1, 0.15) is 5.69 Å². The highest BCUT2D eigenvalue weighted by atomic mass is 16.7. The lowest BCUT2D eigenvalue weighted by molar-refractivity contribution is 0.101. The molecule has 1 amide bonds. The Hall–Kier alpha value is -3.87.